The first kappa shape index (κ1) is 10.5. The summed E-state index contributed by atoms with van der Waals surface area (Å²) in [4.78, 5) is 0. The molecule has 0 radical (unpaired) electrons. The molecule has 0 aromatic carbocycles. The van der Waals surface area contributed by atoms with Gasteiger partial charge in [0.25, 0.3) is 0 Å². The van der Waals surface area contributed by atoms with E-state index in [0.29, 0.717) is 11.0 Å². The maximum absolute atomic E-state index is 5.33. The Morgan fingerprint density at radius 2 is 2.46 bits per heavy atom. The number of thiocarbonyl (C=S) groups is 1. The summed E-state index contributed by atoms with van der Waals surface area (Å²) in [6.45, 7) is 0.570. The third-order valence-corrected chi connectivity index (χ3v) is 2.64. The Hall–Kier alpha value is -0.540. The van der Waals surface area contributed by atoms with Crippen molar-refractivity contribution < 1.29 is 4.74 Å². The second-order valence-corrected chi connectivity index (χ2v) is 3.96. The molecular weight excluding hydrogens is 200 g/mol. The zero-order chi connectivity index (χ0) is 9.52. The van der Waals surface area contributed by atoms with Crippen molar-refractivity contribution >= 4 is 28.4 Å². The molecule has 13 heavy (non-hydrogen) atoms. The van der Waals surface area contributed by atoms with Crippen LogP contribution in [0, 0.1) is 0 Å². The number of allylic oxidation sites excluding steroid dienone is 4. The summed E-state index contributed by atoms with van der Waals surface area (Å²) in [5, 5.41) is 0. The summed E-state index contributed by atoms with van der Waals surface area (Å²) in [6, 6.07) is 0. The summed E-state index contributed by atoms with van der Waals surface area (Å²) >= 11 is 6.39. The molecular formula is C10H12OS2. The first-order valence-corrected chi connectivity index (χ1v) is 5.69. The van der Waals surface area contributed by atoms with Gasteiger partial charge in [0.2, 0.25) is 4.38 Å². The van der Waals surface area contributed by atoms with Crippen LogP contribution in [0.25, 0.3) is 0 Å². The Morgan fingerprint density at radius 1 is 1.62 bits per heavy atom. The smallest absolute Gasteiger partial charge is 0.220 e. The molecule has 0 fully saturated rings. The Kier molecular flexibility index (Phi) is 4.86. The fourth-order valence-electron chi connectivity index (χ4n) is 0.921. The van der Waals surface area contributed by atoms with Crippen LogP contribution in [-0.2, 0) is 4.74 Å². The monoisotopic (exact) mass is 212 g/mol. The van der Waals surface area contributed by atoms with Crippen molar-refractivity contribution in [3.05, 3.63) is 36.0 Å². The molecule has 0 aliphatic heterocycles. The molecule has 0 aromatic rings. The molecule has 0 saturated carbocycles. The van der Waals surface area contributed by atoms with E-state index < -0.39 is 0 Å². The molecule has 0 spiro atoms. The van der Waals surface area contributed by atoms with Gasteiger partial charge in [-0.1, -0.05) is 42.1 Å². The predicted octanol–water partition coefficient (Wildman–Crippen LogP) is 3.09. The molecule has 1 aliphatic carbocycles. The lowest BCUT2D eigenvalue weighted by Gasteiger charge is -2.04. The van der Waals surface area contributed by atoms with Gasteiger partial charge in [-0.05, 0) is 30.5 Å². The second-order valence-electron chi connectivity index (χ2n) is 2.55. The third-order valence-electron chi connectivity index (χ3n) is 1.57. The van der Waals surface area contributed by atoms with E-state index in [-0.39, 0.29) is 0 Å². The fraction of sp³-hybridized carbons (Fsp3) is 0.300. The van der Waals surface area contributed by atoms with E-state index in [4.69, 9.17) is 17.0 Å². The van der Waals surface area contributed by atoms with Gasteiger partial charge in [0.05, 0.1) is 0 Å². The van der Waals surface area contributed by atoms with Gasteiger partial charge in [-0.3, -0.25) is 0 Å². The van der Waals surface area contributed by atoms with Gasteiger partial charge < -0.3 is 4.74 Å². The van der Waals surface area contributed by atoms with Crippen LogP contribution < -0.4 is 0 Å². The number of rotatable bonds is 2. The molecule has 70 valence electrons. The first-order chi connectivity index (χ1) is 6.33. The predicted molar refractivity (Wildman–Crippen MR) is 63.0 cm³/mol. The van der Waals surface area contributed by atoms with Crippen molar-refractivity contribution in [1.29, 1.82) is 0 Å². The molecule has 0 heterocycles. The van der Waals surface area contributed by atoms with Gasteiger partial charge >= 0.3 is 0 Å². The molecule has 0 amide bonds. The standard InChI is InChI=1S/C10H12OS2/c1-13-10(12)11-8-9-6-4-2-3-5-7-9/h2,4-7H,3,8H2,1H3. The highest BCUT2D eigenvalue weighted by Crippen LogP contribution is 2.07. The van der Waals surface area contributed by atoms with Crippen LogP contribution >= 0.6 is 24.0 Å². The van der Waals surface area contributed by atoms with Crippen molar-refractivity contribution in [2.24, 2.45) is 0 Å². The third kappa shape index (κ3) is 4.29. The Labute approximate surface area is 88.5 Å². The average Bonchev–Trinajstić information content (AvgIpc) is 2.42. The molecule has 1 nitrogen and oxygen atoms in total. The van der Waals surface area contributed by atoms with E-state index in [0.717, 1.165) is 12.0 Å². The van der Waals surface area contributed by atoms with Crippen LogP contribution in [0.3, 0.4) is 0 Å². The molecule has 0 atom stereocenters. The van der Waals surface area contributed by atoms with Crippen LogP contribution in [-0.4, -0.2) is 17.2 Å². The van der Waals surface area contributed by atoms with E-state index in [9.17, 15) is 0 Å². The summed E-state index contributed by atoms with van der Waals surface area (Å²) in [5.74, 6) is 0. The molecule has 0 aromatic heterocycles. The molecule has 1 rings (SSSR count). The molecule has 0 unspecified atom stereocenters. The molecule has 1 aliphatic rings. The van der Waals surface area contributed by atoms with Crippen molar-refractivity contribution in [2.45, 2.75) is 6.42 Å². The van der Waals surface area contributed by atoms with Crippen molar-refractivity contribution in [1.82, 2.24) is 0 Å². The lowest BCUT2D eigenvalue weighted by Crippen LogP contribution is -1.99. The minimum absolute atomic E-state index is 0.570. The van der Waals surface area contributed by atoms with Gasteiger partial charge in [-0.15, -0.1) is 0 Å². The van der Waals surface area contributed by atoms with Crippen LogP contribution in [0.4, 0.5) is 0 Å². The fourth-order valence-corrected chi connectivity index (χ4v) is 1.16. The minimum atomic E-state index is 0.570. The maximum Gasteiger partial charge on any atom is 0.220 e. The van der Waals surface area contributed by atoms with Crippen molar-refractivity contribution in [3.8, 4) is 0 Å². The van der Waals surface area contributed by atoms with Gasteiger partial charge in [-0.2, -0.15) is 0 Å². The lowest BCUT2D eigenvalue weighted by molar-refractivity contribution is 0.363. The zero-order valence-corrected chi connectivity index (χ0v) is 9.16. The van der Waals surface area contributed by atoms with Crippen molar-refractivity contribution in [3.63, 3.8) is 0 Å². The largest absolute Gasteiger partial charge is 0.474 e. The minimum Gasteiger partial charge on any atom is -0.474 e. The highest BCUT2D eigenvalue weighted by Gasteiger charge is 1.97. The Balaban J connectivity index is 2.40. The lowest BCUT2D eigenvalue weighted by atomic mass is 10.2. The molecule has 0 saturated heterocycles. The first-order valence-electron chi connectivity index (χ1n) is 4.06. The van der Waals surface area contributed by atoms with E-state index in [1.807, 2.05) is 18.4 Å². The van der Waals surface area contributed by atoms with E-state index in [2.05, 4.69) is 18.2 Å². The zero-order valence-electron chi connectivity index (χ0n) is 7.53. The SMILES string of the molecule is CSC(=S)OCC1=CC=CCC=C1. The van der Waals surface area contributed by atoms with Gasteiger partial charge in [-0.25, -0.2) is 0 Å². The number of hydrogen-bond donors (Lipinski definition) is 0. The summed E-state index contributed by atoms with van der Waals surface area (Å²) < 4.78 is 5.93. The van der Waals surface area contributed by atoms with Gasteiger partial charge in [0, 0.05) is 0 Å². The topological polar surface area (TPSA) is 9.23 Å². The summed E-state index contributed by atoms with van der Waals surface area (Å²) in [5.41, 5.74) is 1.16. The Bertz CT molecular complexity index is 264. The van der Waals surface area contributed by atoms with Gasteiger partial charge in [0.15, 0.2) is 0 Å². The number of ether oxygens (including phenoxy) is 1. The van der Waals surface area contributed by atoms with E-state index in [1.165, 1.54) is 11.8 Å². The van der Waals surface area contributed by atoms with E-state index >= 15 is 0 Å². The maximum atomic E-state index is 5.33. The summed E-state index contributed by atoms with van der Waals surface area (Å²) in [7, 11) is 0. The van der Waals surface area contributed by atoms with Crippen LogP contribution in [0.1, 0.15) is 6.42 Å². The molecule has 0 N–H and O–H groups in total. The number of hydrogen-bond acceptors (Lipinski definition) is 3. The second kappa shape index (κ2) is 6.00. The van der Waals surface area contributed by atoms with Crippen molar-refractivity contribution in [2.75, 3.05) is 12.9 Å². The highest BCUT2D eigenvalue weighted by molar-refractivity contribution is 8.22. The normalized spacial score (nSPS) is 15.0. The molecule has 3 heteroatoms. The Morgan fingerprint density at radius 3 is 3.23 bits per heavy atom. The molecule has 0 bridgehead atoms. The van der Waals surface area contributed by atoms with E-state index in [1.54, 1.807) is 0 Å². The number of thioether (sulfide) groups is 1. The van der Waals surface area contributed by atoms with Crippen LogP contribution in [0.2, 0.25) is 0 Å². The van der Waals surface area contributed by atoms with Crippen LogP contribution in [0.5, 0.6) is 0 Å². The highest BCUT2D eigenvalue weighted by atomic mass is 32.2. The van der Waals surface area contributed by atoms with Gasteiger partial charge in [0.1, 0.15) is 6.61 Å². The van der Waals surface area contributed by atoms with Crippen LogP contribution in [0.15, 0.2) is 36.0 Å². The average molecular weight is 212 g/mol. The quantitative estimate of drug-likeness (QED) is 0.651. The summed E-state index contributed by atoms with van der Waals surface area (Å²) in [6.07, 6.45) is 13.3.